The number of carbonyl (C=O) groups is 2. The van der Waals surface area contributed by atoms with Gasteiger partial charge in [0.1, 0.15) is 11.0 Å². The first kappa shape index (κ1) is 17.4. The molecule has 1 aliphatic heterocycles. The van der Waals surface area contributed by atoms with E-state index in [1.807, 2.05) is 6.07 Å². The van der Waals surface area contributed by atoms with Crippen LogP contribution in [0.4, 0.5) is 0 Å². The lowest BCUT2D eigenvalue weighted by Crippen LogP contribution is -2.30. The van der Waals surface area contributed by atoms with Gasteiger partial charge in [0.2, 0.25) is 0 Å². The average molecular weight is 381 g/mol. The SMILES string of the molecule is O=C1c2ccccc2C(=O)N1CCCCc1ncc(-c2ccc(Cl)nc2)[nH]1. The van der Waals surface area contributed by atoms with Crippen molar-refractivity contribution in [1.29, 1.82) is 0 Å². The van der Waals surface area contributed by atoms with Crippen molar-refractivity contribution in [1.82, 2.24) is 19.9 Å². The van der Waals surface area contributed by atoms with Gasteiger partial charge in [0.05, 0.1) is 23.0 Å². The Morgan fingerprint density at radius 3 is 2.33 bits per heavy atom. The summed E-state index contributed by atoms with van der Waals surface area (Å²) in [6, 6.07) is 10.6. The van der Waals surface area contributed by atoms with E-state index in [0.29, 0.717) is 22.8 Å². The van der Waals surface area contributed by atoms with Crippen LogP contribution in [0.3, 0.4) is 0 Å². The van der Waals surface area contributed by atoms with Gasteiger partial charge in [-0.25, -0.2) is 9.97 Å². The van der Waals surface area contributed by atoms with Gasteiger partial charge in [-0.15, -0.1) is 0 Å². The van der Waals surface area contributed by atoms with E-state index in [1.54, 1.807) is 42.7 Å². The Labute approximate surface area is 161 Å². The summed E-state index contributed by atoms with van der Waals surface area (Å²) < 4.78 is 0. The molecule has 1 aromatic carbocycles. The number of aromatic amines is 1. The highest BCUT2D eigenvalue weighted by atomic mass is 35.5. The number of H-pyrrole nitrogens is 1. The molecule has 1 N–H and O–H groups in total. The third kappa shape index (κ3) is 3.48. The molecule has 0 aliphatic carbocycles. The highest BCUT2D eigenvalue weighted by Crippen LogP contribution is 2.23. The summed E-state index contributed by atoms with van der Waals surface area (Å²) in [5.41, 5.74) is 2.79. The van der Waals surface area contributed by atoms with Gasteiger partial charge < -0.3 is 4.98 Å². The van der Waals surface area contributed by atoms with Gasteiger partial charge in [0.25, 0.3) is 11.8 Å². The number of imide groups is 1. The topological polar surface area (TPSA) is 79.0 Å². The van der Waals surface area contributed by atoms with Crippen molar-refractivity contribution >= 4 is 23.4 Å². The van der Waals surface area contributed by atoms with Crippen molar-refractivity contribution in [2.45, 2.75) is 19.3 Å². The van der Waals surface area contributed by atoms with Crippen LogP contribution in [0.2, 0.25) is 5.15 Å². The Hall–Kier alpha value is -2.99. The smallest absolute Gasteiger partial charge is 0.261 e. The van der Waals surface area contributed by atoms with Crippen LogP contribution >= 0.6 is 11.6 Å². The van der Waals surface area contributed by atoms with Gasteiger partial charge >= 0.3 is 0 Å². The molecule has 4 rings (SSSR count). The third-order valence-electron chi connectivity index (χ3n) is 4.59. The fourth-order valence-electron chi connectivity index (χ4n) is 3.18. The molecule has 0 bridgehead atoms. The van der Waals surface area contributed by atoms with E-state index in [2.05, 4.69) is 15.0 Å². The average Bonchev–Trinajstić information content (AvgIpc) is 3.25. The first-order valence-electron chi connectivity index (χ1n) is 8.74. The quantitative estimate of drug-likeness (QED) is 0.401. The summed E-state index contributed by atoms with van der Waals surface area (Å²) in [5, 5.41) is 0.451. The highest BCUT2D eigenvalue weighted by Gasteiger charge is 2.34. The Morgan fingerprint density at radius 1 is 0.926 bits per heavy atom. The van der Waals surface area contributed by atoms with E-state index in [4.69, 9.17) is 11.6 Å². The zero-order valence-electron chi connectivity index (χ0n) is 14.5. The lowest BCUT2D eigenvalue weighted by atomic mass is 10.1. The number of fused-ring (bicyclic) bond motifs is 1. The second-order valence-corrected chi connectivity index (χ2v) is 6.77. The molecular formula is C20H17ClN4O2. The van der Waals surface area contributed by atoms with Crippen molar-refractivity contribution in [2.75, 3.05) is 6.54 Å². The maximum atomic E-state index is 12.3. The van der Waals surface area contributed by atoms with Gasteiger partial charge in [-0.1, -0.05) is 23.7 Å². The molecule has 0 spiro atoms. The molecular weight excluding hydrogens is 364 g/mol. The van der Waals surface area contributed by atoms with Crippen molar-refractivity contribution in [3.05, 3.63) is 70.9 Å². The second kappa shape index (κ2) is 7.32. The minimum absolute atomic E-state index is 0.203. The van der Waals surface area contributed by atoms with E-state index in [1.165, 1.54) is 4.90 Å². The van der Waals surface area contributed by atoms with Crippen molar-refractivity contribution in [3.63, 3.8) is 0 Å². The highest BCUT2D eigenvalue weighted by molar-refractivity contribution is 6.29. The minimum Gasteiger partial charge on any atom is -0.342 e. The van der Waals surface area contributed by atoms with Gasteiger partial charge in [-0.3, -0.25) is 14.5 Å². The van der Waals surface area contributed by atoms with Gasteiger partial charge in [-0.05, 0) is 37.1 Å². The van der Waals surface area contributed by atoms with E-state index >= 15 is 0 Å². The molecule has 136 valence electrons. The molecule has 0 fully saturated rings. The number of halogens is 1. The van der Waals surface area contributed by atoms with Crippen molar-refractivity contribution < 1.29 is 9.59 Å². The van der Waals surface area contributed by atoms with Crippen LogP contribution < -0.4 is 0 Å². The van der Waals surface area contributed by atoms with E-state index in [0.717, 1.165) is 36.3 Å². The van der Waals surface area contributed by atoms with Gasteiger partial charge in [0.15, 0.2) is 0 Å². The van der Waals surface area contributed by atoms with Crippen LogP contribution in [0.5, 0.6) is 0 Å². The van der Waals surface area contributed by atoms with Crippen LogP contribution in [0.1, 0.15) is 39.4 Å². The van der Waals surface area contributed by atoms with Crippen LogP contribution in [-0.4, -0.2) is 38.2 Å². The summed E-state index contributed by atoms with van der Waals surface area (Å²) >= 11 is 5.80. The fraction of sp³-hybridized carbons (Fsp3) is 0.200. The van der Waals surface area contributed by atoms with E-state index in [9.17, 15) is 9.59 Å². The molecule has 0 atom stereocenters. The standard InChI is InChI=1S/C20H17ClN4O2/c21-17-9-8-13(11-22-17)16-12-23-18(24-16)7-3-4-10-25-19(26)14-5-1-2-6-15(14)20(25)27/h1-2,5-6,8-9,11-12H,3-4,7,10H2,(H,23,24). The number of pyridine rings is 1. The second-order valence-electron chi connectivity index (χ2n) is 6.38. The third-order valence-corrected chi connectivity index (χ3v) is 4.81. The van der Waals surface area contributed by atoms with E-state index in [-0.39, 0.29) is 11.8 Å². The Kier molecular flexibility index (Phi) is 4.73. The first-order chi connectivity index (χ1) is 13.1. The predicted octanol–water partition coefficient (Wildman–Crippen LogP) is 3.74. The number of rotatable bonds is 6. The van der Waals surface area contributed by atoms with Crippen molar-refractivity contribution in [2.24, 2.45) is 0 Å². The Morgan fingerprint density at radius 2 is 1.67 bits per heavy atom. The molecule has 3 aromatic rings. The number of nitrogens with zero attached hydrogens (tertiary/aromatic N) is 3. The monoisotopic (exact) mass is 380 g/mol. The number of aromatic nitrogens is 3. The summed E-state index contributed by atoms with van der Waals surface area (Å²) in [6.45, 7) is 0.418. The molecule has 3 heterocycles. The van der Waals surface area contributed by atoms with Crippen LogP contribution in [0, 0.1) is 0 Å². The predicted molar refractivity (Wildman–Crippen MR) is 102 cm³/mol. The molecule has 1 aliphatic rings. The number of carbonyl (C=O) groups excluding carboxylic acids is 2. The van der Waals surface area contributed by atoms with Crippen molar-refractivity contribution in [3.8, 4) is 11.3 Å². The molecule has 0 saturated heterocycles. The largest absolute Gasteiger partial charge is 0.342 e. The number of aryl methyl sites for hydroxylation is 1. The minimum atomic E-state index is -0.203. The number of nitrogens with one attached hydrogen (secondary N) is 1. The maximum absolute atomic E-state index is 12.3. The summed E-state index contributed by atoms with van der Waals surface area (Å²) in [5.74, 6) is 0.458. The maximum Gasteiger partial charge on any atom is 0.261 e. The summed E-state index contributed by atoms with van der Waals surface area (Å²) in [6.07, 6.45) is 5.75. The Balaban J connectivity index is 1.31. The van der Waals surface area contributed by atoms with Crippen LogP contribution in [0.25, 0.3) is 11.3 Å². The van der Waals surface area contributed by atoms with E-state index < -0.39 is 0 Å². The normalized spacial score (nSPS) is 13.3. The number of benzene rings is 1. The summed E-state index contributed by atoms with van der Waals surface area (Å²) in [4.78, 5) is 37.7. The molecule has 0 saturated carbocycles. The molecule has 27 heavy (non-hydrogen) atoms. The molecule has 0 radical (unpaired) electrons. The molecule has 6 nitrogen and oxygen atoms in total. The van der Waals surface area contributed by atoms with Crippen LogP contribution in [0.15, 0.2) is 48.8 Å². The Bertz CT molecular complexity index is 962. The lowest BCUT2D eigenvalue weighted by Gasteiger charge is -2.13. The molecule has 2 aromatic heterocycles. The zero-order chi connectivity index (χ0) is 18.8. The zero-order valence-corrected chi connectivity index (χ0v) is 15.2. The molecule has 2 amide bonds. The van der Waals surface area contributed by atoms with Gasteiger partial charge in [-0.2, -0.15) is 0 Å². The number of hydrogen-bond donors (Lipinski definition) is 1. The van der Waals surface area contributed by atoms with Crippen LogP contribution in [-0.2, 0) is 6.42 Å². The lowest BCUT2D eigenvalue weighted by molar-refractivity contribution is 0.0652. The first-order valence-corrected chi connectivity index (χ1v) is 9.12. The fourth-order valence-corrected chi connectivity index (χ4v) is 3.29. The summed E-state index contributed by atoms with van der Waals surface area (Å²) in [7, 11) is 0. The number of hydrogen-bond acceptors (Lipinski definition) is 4. The van der Waals surface area contributed by atoms with Gasteiger partial charge in [0, 0.05) is 24.7 Å². The number of unbranched alkanes of at least 4 members (excludes halogenated alkanes) is 1. The number of imidazole rings is 1. The molecule has 7 heteroatoms. The molecule has 0 unspecified atom stereocenters. The number of amides is 2.